The van der Waals surface area contributed by atoms with Crippen LogP contribution in [0.4, 0.5) is 0 Å². The number of hydrogen-bond acceptors (Lipinski definition) is 3. The van der Waals surface area contributed by atoms with Crippen molar-refractivity contribution in [1.82, 2.24) is 9.80 Å². The van der Waals surface area contributed by atoms with E-state index in [1.165, 1.54) is 11.1 Å². The van der Waals surface area contributed by atoms with Gasteiger partial charge in [0.15, 0.2) is 0 Å². The number of hydrogen-bond donors (Lipinski definition) is 1. The topological polar surface area (TPSA) is 43.8 Å². The molecule has 2 aromatic rings. The first-order chi connectivity index (χ1) is 14.1. The molecular weight excluding hydrogens is 360 g/mol. The molecule has 0 aromatic heterocycles. The first-order valence-electron chi connectivity index (χ1n) is 10.8. The lowest BCUT2D eigenvalue weighted by molar-refractivity contribution is -0.138. The summed E-state index contributed by atoms with van der Waals surface area (Å²) in [5, 5.41) is 9.08. The molecule has 0 spiro atoms. The first-order valence-corrected chi connectivity index (χ1v) is 10.8. The third-order valence-electron chi connectivity index (χ3n) is 6.05. The molecule has 0 aliphatic carbocycles. The van der Waals surface area contributed by atoms with Crippen LogP contribution in [0.5, 0.6) is 0 Å². The van der Waals surface area contributed by atoms with Crippen LogP contribution in [0.25, 0.3) is 0 Å². The first kappa shape index (κ1) is 21.5. The fourth-order valence-corrected chi connectivity index (χ4v) is 4.57. The van der Waals surface area contributed by atoms with E-state index in [4.69, 9.17) is 5.11 Å². The van der Waals surface area contributed by atoms with Crippen LogP contribution in [0, 0.1) is 5.92 Å². The van der Waals surface area contributed by atoms with E-state index in [0.29, 0.717) is 12.0 Å². The Morgan fingerprint density at radius 2 is 1.59 bits per heavy atom. The molecule has 1 aliphatic heterocycles. The van der Waals surface area contributed by atoms with Crippen molar-refractivity contribution in [2.45, 2.75) is 38.1 Å². The predicted octanol–water partition coefficient (Wildman–Crippen LogP) is 3.96. The molecule has 0 radical (unpaired) electrons. The Kier molecular flexibility index (Phi) is 8.26. The van der Waals surface area contributed by atoms with Gasteiger partial charge in [0.1, 0.15) is 0 Å². The van der Waals surface area contributed by atoms with Crippen molar-refractivity contribution in [3.8, 4) is 0 Å². The van der Waals surface area contributed by atoms with Crippen molar-refractivity contribution in [1.29, 1.82) is 0 Å². The van der Waals surface area contributed by atoms with Crippen LogP contribution in [0.1, 0.15) is 30.4 Å². The highest BCUT2D eigenvalue weighted by molar-refractivity contribution is 5.69. The van der Waals surface area contributed by atoms with Gasteiger partial charge in [-0.2, -0.15) is 0 Å². The molecule has 1 heterocycles. The van der Waals surface area contributed by atoms with E-state index >= 15 is 0 Å². The van der Waals surface area contributed by atoms with Crippen LogP contribution in [0.2, 0.25) is 0 Å². The number of carboxylic acid groups (broad SMARTS) is 1. The molecule has 3 rings (SSSR count). The minimum absolute atomic E-state index is 0.134. The Bertz CT molecular complexity index is 694. The van der Waals surface area contributed by atoms with Crippen LogP contribution < -0.4 is 0 Å². The molecule has 2 aromatic carbocycles. The predicted molar refractivity (Wildman–Crippen MR) is 118 cm³/mol. The van der Waals surface area contributed by atoms with Gasteiger partial charge in [0.2, 0.25) is 0 Å². The Morgan fingerprint density at radius 3 is 2.14 bits per heavy atom. The van der Waals surface area contributed by atoms with Gasteiger partial charge in [-0.3, -0.25) is 9.69 Å². The Morgan fingerprint density at radius 1 is 1.00 bits per heavy atom. The maximum absolute atomic E-state index is 11.0. The molecule has 1 atom stereocenters. The Labute approximate surface area is 175 Å². The van der Waals surface area contributed by atoms with Crippen molar-refractivity contribution in [3.63, 3.8) is 0 Å². The lowest BCUT2D eigenvalue weighted by Gasteiger charge is -2.28. The summed E-state index contributed by atoms with van der Waals surface area (Å²) in [6, 6.07) is 22.0. The summed E-state index contributed by atoms with van der Waals surface area (Å²) in [6.45, 7) is 3.39. The number of aliphatic carboxylic acids is 1. The molecule has 1 saturated heterocycles. The molecule has 0 bridgehead atoms. The smallest absolute Gasteiger partial charge is 0.317 e. The third kappa shape index (κ3) is 7.30. The Balaban J connectivity index is 1.61. The fourth-order valence-electron chi connectivity index (χ4n) is 4.57. The molecule has 4 heteroatoms. The summed E-state index contributed by atoms with van der Waals surface area (Å²) in [5.41, 5.74) is 2.81. The minimum atomic E-state index is -0.737. The average molecular weight is 395 g/mol. The lowest BCUT2D eigenvalue weighted by Crippen LogP contribution is -2.37. The van der Waals surface area contributed by atoms with Gasteiger partial charge in [-0.15, -0.1) is 0 Å². The van der Waals surface area contributed by atoms with Crippen LogP contribution in [-0.2, 0) is 17.6 Å². The number of carbonyl (C=O) groups is 1. The molecule has 1 aliphatic rings. The van der Waals surface area contributed by atoms with Crippen LogP contribution in [0.15, 0.2) is 60.7 Å². The van der Waals surface area contributed by atoms with E-state index in [2.05, 4.69) is 65.6 Å². The Hall–Kier alpha value is -2.17. The molecule has 1 fully saturated rings. The minimum Gasteiger partial charge on any atom is -0.480 e. The SMILES string of the molecule is CN(CC(=O)O)C1CCCN(CC(Cc2ccccc2)Cc2ccccc2)CC1. The summed E-state index contributed by atoms with van der Waals surface area (Å²) >= 11 is 0. The van der Waals surface area contributed by atoms with Gasteiger partial charge < -0.3 is 10.0 Å². The van der Waals surface area contributed by atoms with E-state index in [1.54, 1.807) is 0 Å². The highest BCUT2D eigenvalue weighted by Gasteiger charge is 2.23. The van der Waals surface area contributed by atoms with E-state index in [1.807, 2.05) is 11.9 Å². The van der Waals surface area contributed by atoms with E-state index < -0.39 is 5.97 Å². The average Bonchev–Trinajstić information content (AvgIpc) is 2.95. The molecule has 29 heavy (non-hydrogen) atoms. The fraction of sp³-hybridized carbons (Fsp3) is 0.480. The standard InChI is InChI=1S/C25H34N2O2/c1-26(20-25(28)29)24-13-8-15-27(16-14-24)19-23(17-21-9-4-2-5-10-21)18-22-11-6-3-7-12-22/h2-7,9-12,23-24H,8,13-20H2,1H3,(H,28,29). The zero-order chi connectivity index (χ0) is 20.5. The molecule has 1 N–H and O–H groups in total. The zero-order valence-corrected chi connectivity index (χ0v) is 17.5. The van der Waals surface area contributed by atoms with Crippen LogP contribution >= 0.6 is 0 Å². The summed E-state index contributed by atoms with van der Waals surface area (Å²) < 4.78 is 0. The molecule has 4 nitrogen and oxygen atoms in total. The molecule has 156 valence electrons. The van der Waals surface area contributed by atoms with Crippen LogP contribution in [0.3, 0.4) is 0 Å². The van der Waals surface area contributed by atoms with Crippen molar-refractivity contribution >= 4 is 5.97 Å². The normalized spacial score (nSPS) is 18.1. The van der Waals surface area contributed by atoms with Gasteiger partial charge in [0.05, 0.1) is 6.54 Å². The van der Waals surface area contributed by atoms with E-state index in [0.717, 1.165) is 51.7 Å². The highest BCUT2D eigenvalue weighted by atomic mass is 16.4. The maximum atomic E-state index is 11.0. The largest absolute Gasteiger partial charge is 0.480 e. The summed E-state index contributed by atoms with van der Waals surface area (Å²) in [7, 11) is 1.95. The summed E-state index contributed by atoms with van der Waals surface area (Å²) in [4.78, 5) is 15.7. The number of carboxylic acids is 1. The van der Waals surface area contributed by atoms with Gasteiger partial charge in [0.25, 0.3) is 0 Å². The lowest BCUT2D eigenvalue weighted by atomic mass is 9.92. The van der Waals surface area contributed by atoms with Crippen LogP contribution in [-0.4, -0.2) is 60.1 Å². The molecule has 0 amide bonds. The maximum Gasteiger partial charge on any atom is 0.317 e. The summed E-state index contributed by atoms with van der Waals surface area (Å²) in [6.07, 6.45) is 5.46. The van der Waals surface area contributed by atoms with Crippen molar-refractivity contribution in [2.75, 3.05) is 33.2 Å². The molecule has 0 saturated carbocycles. The zero-order valence-electron chi connectivity index (χ0n) is 17.5. The van der Waals surface area contributed by atoms with Crippen molar-refractivity contribution in [2.24, 2.45) is 5.92 Å². The number of benzene rings is 2. The number of nitrogens with zero attached hydrogens (tertiary/aromatic N) is 2. The number of likely N-dealkylation sites (tertiary alicyclic amines) is 1. The van der Waals surface area contributed by atoms with Gasteiger partial charge in [-0.05, 0) is 69.3 Å². The third-order valence-corrected chi connectivity index (χ3v) is 6.05. The van der Waals surface area contributed by atoms with E-state index in [-0.39, 0.29) is 6.54 Å². The molecular formula is C25H34N2O2. The van der Waals surface area contributed by atoms with Crippen molar-refractivity contribution < 1.29 is 9.90 Å². The van der Waals surface area contributed by atoms with Crippen molar-refractivity contribution in [3.05, 3.63) is 71.8 Å². The second-order valence-electron chi connectivity index (χ2n) is 8.44. The van der Waals surface area contributed by atoms with Gasteiger partial charge in [-0.1, -0.05) is 60.7 Å². The highest BCUT2D eigenvalue weighted by Crippen LogP contribution is 2.20. The second kappa shape index (κ2) is 11.1. The second-order valence-corrected chi connectivity index (χ2v) is 8.44. The number of rotatable bonds is 9. The van der Waals surface area contributed by atoms with Gasteiger partial charge in [0, 0.05) is 12.6 Å². The number of likely N-dealkylation sites (N-methyl/N-ethyl adjacent to an activating group) is 1. The van der Waals surface area contributed by atoms with E-state index in [9.17, 15) is 4.79 Å². The molecule has 1 unspecified atom stereocenters. The quantitative estimate of drug-likeness (QED) is 0.699. The monoisotopic (exact) mass is 394 g/mol. The van der Waals surface area contributed by atoms with Gasteiger partial charge in [-0.25, -0.2) is 0 Å². The summed E-state index contributed by atoms with van der Waals surface area (Å²) in [5.74, 6) is -0.160. The van der Waals surface area contributed by atoms with Gasteiger partial charge >= 0.3 is 5.97 Å².